The summed E-state index contributed by atoms with van der Waals surface area (Å²) in [6.07, 6.45) is 4.63. The van der Waals surface area contributed by atoms with Gasteiger partial charge in [-0.05, 0) is 42.0 Å². The van der Waals surface area contributed by atoms with E-state index in [1.54, 1.807) is 0 Å². The first-order valence-corrected chi connectivity index (χ1v) is 7.56. The highest BCUT2D eigenvalue weighted by atomic mass is 14.9. The number of aromatic nitrogens is 1. The number of nitrogens with zero attached hydrogens (tertiary/aromatic N) is 1. The first-order chi connectivity index (χ1) is 10.4. The molecule has 1 heterocycles. The van der Waals surface area contributed by atoms with Crippen molar-refractivity contribution in [1.29, 1.82) is 0 Å². The van der Waals surface area contributed by atoms with Gasteiger partial charge in [-0.15, -0.1) is 0 Å². The molecule has 0 amide bonds. The normalized spacial score (nSPS) is 14.3. The number of hydrogen-bond donors (Lipinski definition) is 1. The van der Waals surface area contributed by atoms with E-state index in [1.807, 2.05) is 24.4 Å². The van der Waals surface area contributed by atoms with Gasteiger partial charge in [0.15, 0.2) is 0 Å². The van der Waals surface area contributed by atoms with Crippen LogP contribution in [0.1, 0.15) is 29.9 Å². The van der Waals surface area contributed by atoms with Crippen LogP contribution >= 0.6 is 0 Å². The maximum absolute atomic E-state index is 4.48. The standard InChI is InChI=1S/C19H18N2/c1-2-4-19-17(3-1)11-18(13-21-19)20-12-14-5-7-15(8-6-14)16-9-10-16/h1-8,11,13,16,20H,9-10,12H2. The molecular formula is C19H18N2. The monoisotopic (exact) mass is 274 g/mol. The highest BCUT2D eigenvalue weighted by molar-refractivity contribution is 5.81. The summed E-state index contributed by atoms with van der Waals surface area (Å²) in [7, 11) is 0. The minimum absolute atomic E-state index is 0.830. The van der Waals surface area contributed by atoms with Crippen molar-refractivity contribution < 1.29 is 0 Å². The SMILES string of the molecule is c1ccc2ncc(NCc3ccc(C4CC4)cc3)cc2c1. The van der Waals surface area contributed by atoms with E-state index >= 15 is 0 Å². The van der Waals surface area contributed by atoms with Crippen LogP contribution in [-0.4, -0.2) is 4.98 Å². The third-order valence-electron chi connectivity index (χ3n) is 4.12. The molecule has 0 unspecified atom stereocenters. The fraction of sp³-hybridized carbons (Fsp3) is 0.211. The molecule has 0 spiro atoms. The number of pyridine rings is 1. The predicted molar refractivity (Wildman–Crippen MR) is 87.5 cm³/mol. The van der Waals surface area contributed by atoms with Crippen LogP contribution in [0.25, 0.3) is 10.9 Å². The largest absolute Gasteiger partial charge is 0.380 e. The number of benzene rings is 2. The molecule has 21 heavy (non-hydrogen) atoms. The summed E-state index contributed by atoms with van der Waals surface area (Å²) in [5.41, 5.74) is 4.91. The first kappa shape index (κ1) is 12.4. The van der Waals surface area contributed by atoms with Gasteiger partial charge in [-0.3, -0.25) is 4.98 Å². The molecule has 1 aromatic heterocycles. The van der Waals surface area contributed by atoms with Crippen molar-refractivity contribution in [3.8, 4) is 0 Å². The lowest BCUT2D eigenvalue weighted by Gasteiger charge is -2.08. The predicted octanol–water partition coefficient (Wildman–Crippen LogP) is 4.72. The molecule has 0 bridgehead atoms. The summed E-state index contributed by atoms with van der Waals surface area (Å²) >= 11 is 0. The third-order valence-corrected chi connectivity index (χ3v) is 4.12. The summed E-state index contributed by atoms with van der Waals surface area (Å²) in [6.45, 7) is 0.838. The molecule has 1 fully saturated rings. The van der Waals surface area contributed by atoms with Crippen molar-refractivity contribution in [2.75, 3.05) is 5.32 Å². The van der Waals surface area contributed by atoms with Crippen LogP contribution in [0.2, 0.25) is 0 Å². The highest BCUT2D eigenvalue weighted by Crippen LogP contribution is 2.39. The Labute approximate surface area is 124 Å². The van der Waals surface area contributed by atoms with Crippen molar-refractivity contribution in [2.24, 2.45) is 0 Å². The molecule has 0 radical (unpaired) electrons. The Bertz CT molecular complexity index is 758. The quantitative estimate of drug-likeness (QED) is 0.744. The van der Waals surface area contributed by atoms with E-state index in [2.05, 4.69) is 46.7 Å². The summed E-state index contributed by atoms with van der Waals surface area (Å²) in [5.74, 6) is 0.830. The molecule has 104 valence electrons. The van der Waals surface area contributed by atoms with Crippen molar-refractivity contribution in [3.05, 3.63) is 71.9 Å². The van der Waals surface area contributed by atoms with Crippen LogP contribution < -0.4 is 5.32 Å². The molecule has 0 atom stereocenters. The van der Waals surface area contributed by atoms with Crippen molar-refractivity contribution in [2.45, 2.75) is 25.3 Å². The fourth-order valence-electron chi connectivity index (χ4n) is 2.70. The Hall–Kier alpha value is -2.35. The zero-order valence-corrected chi connectivity index (χ0v) is 11.9. The molecular weight excluding hydrogens is 256 g/mol. The van der Waals surface area contributed by atoms with E-state index in [9.17, 15) is 0 Å². The van der Waals surface area contributed by atoms with Gasteiger partial charge in [0.1, 0.15) is 0 Å². The highest BCUT2D eigenvalue weighted by Gasteiger charge is 2.22. The number of nitrogens with one attached hydrogen (secondary N) is 1. The lowest BCUT2D eigenvalue weighted by Crippen LogP contribution is -2.00. The molecule has 1 aliphatic rings. The molecule has 1 saturated carbocycles. The van der Waals surface area contributed by atoms with Gasteiger partial charge in [-0.2, -0.15) is 0 Å². The van der Waals surface area contributed by atoms with Crippen LogP contribution in [0.15, 0.2) is 60.8 Å². The van der Waals surface area contributed by atoms with Crippen LogP contribution in [0, 0.1) is 0 Å². The van der Waals surface area contributed by atoms with Gasteiger partial charge < -0.3 is 5.32 Å². The number of fused-ring (bicyclic) bond motifs is 1. The third kappa shape index (κ3) is 2.75. The summed E-state index contributed by atoms with van der Waals surface area (Å²) in [6, 6.07) is 19.4. The molecule has 0 aliphatic heterocycles. The fourth-order valence-corrected chi connectivity index (χ4v) is 2.70. The molecule has 2 aromatic carbocycles. The van der Waals surface area contributed by atoms with E-state index in [0.717, 1.165) is 23.7 Å². The van der Waals surface area contributed by atoms with Crippen molar-refractivity contribution in [3.63, 3.8) is 0 Å². The van der Waals surface area contributed by atoms with E-state index in [0.29, 0.717) is 0 Å². The van der Waals surface area contributed by atoms with Gasteiger partial charge in [0.2, 0.25) is 0 Å². The van der Waals surface area contributed by atoms with E-state index in [4.69, 9.17) is 0 Å². The minimum Gasteiger partial charge on any atom is -0.380 e. The average Bonchev–Trinajstić information content (AvgIpc) is 3.38. The Kier molecular flexibility index (Phi) is 3.07. The maximum atomic E-state index is 4.48. The second-order valence-corrected chi connectivity index (χ2v) is 5.79. The maximum Gasteiger partial charge on any atom is 0.0703 e. The van der Waals surface area contributed by atoms with E-state index < -0.39 is 0 Å². The molecule has 3 aromatic rings. The Balaban J connectivity index is 1.46. The minimum atomic E-state index is 0.830. The van der Waals surface area contributed by atoms with Gasteiger partial charge >= 0.3 is 0 Å². The summed E-state index contributed by atoms with van der Waals surface area (Å²) in [5, 5.41) is 4.63. The van der Waals surface area contributed by atoms with Crippen LogP contribution in [0.5, 0.6) is 0 Å². The Morgan fingerprint density at radius 3 is 2.62 bits per heavy atom. The van der Waals surface area contributed by atoms with Gasteiger partial charge in [0, 0.05) is 11.9 Å². The lowest BCUT2D eigenvalue weighted by molar-refractivity contribution is 1.10. The van der Waals surface area contributed by atoms with Crippen LogP contribution in [-0.2, 0) is 6.54 Å². The second-order valence-electron chi connectivity index (χ2n) is 5.79. The smallest absolute Gasteiger partial charge is 0.0703 e. The van der Waals surface area contributed by atoms with Crippen LogP contribution in [0.4, 0.5) is 5.69 Å². The lowest BCUT2D eigenvalue weighted by atomic mass is 10.1. The topological polar surface area (TPSA) is 24.9 Å². The van der Waals surface area contributed by atoms with Gasteiger partial charge in [0.05, 0.1) is 17.4 Å². The summed E-state index contributed by atoms with van der Waals surface area (Å²) in [4.78, 5) is 4.48. The molecule has 2 nitrogen and oxygen atoms in total. The first-order valence-electron chi connectivity index (χ1n) is 7.56. The number of rotatable bonds is 4. The van der Waals surface area contributed by atoms with E-state index in [-0.39, 0.29) is 0 Å². The number of para-hydroxylation sites is 1. The molecule has 0 saturated heterocycles. The number of anilines is 1. The van der Waals surface area contributed by atoms with Crippen LogP contribution in [0.3, 0.4) is 0 Å². The zero-order valence-electron chi connectivity index (χ0n) is 11.9. The molecule has 2 heteroatoms. The summed E-state index contributed by atoms with van der Waals surface area (Å²) < 4.78 is 0. The zero-order chi connectivity index (χ0) is 14.1. The Morgan fingerprint density at radius 1 is 1.00 bits per heavy atom. The molecule has 1 aliphatic carbocycles. The van der Waals surface area contributed by atoms with Gasteiger partial charge in [-0.25, -0.2) is 0 Å². The second kappa shape index (κ2) is 5.21. The van der Waals surface area contributed by atoms with Crippen molar-refractivity contribution in [1.82, 2.24) is 4.98 Å². The van der Waals surface area contributed by atoms with Crippen molar-refractivity contribution >= 4 is 16.6 Å². The van der Waals surface area contributed by atoms with Gasteiger partial charge in [-0.1, -0.05) is 42.5 Å². The average molecular weight is 274 g/mol. The molecule has 1 N–H and O–H groups in total. The Morgan fingerprint density at radius 2 is 1.81 bits per heavy atom. The van der Waals surface area contributed by atoms with Gasteiger partial charge in [0.25, 0.3) is 0 Å². The molecule has 4 rings (SSSR count). The number of hydrogen-bond acceptors (Lipinski definition) is 2. The van der Waals surface area contributed by atoms with E-state index in [1.165, 1.54) is 29.4 Å².